The van der Waals surface area contributed by atoms with E-state index in [2.05, 4.69) is 30.8 Å². The first-order chi connectivity index (χ1) is 8.00. The molecule has 1 atom stereocenters. The van der Waals surface area contributed by atoms with E-state index in [0.29, 0.717) is 18.5 Å². The lowest BCUT2D eigenvalue weighted by Gasteiger charge is -2.18. The Kier molecular flexibility index (Phi) is 5.35. The Morgan fingerprint density at radius 2 is 1.82 bits per heavy atom. The van der Waals surface area contributed by atoms with Gasteiger partial charge in [-0.25, -0.2) is 0 Å². The topological polar surface area (TPSA) is 21.3 Å². The molecule has 1 unspecified atom stereocenters. The lowest BCUT2D eigenvalue weighted by Crippen LogP contribution is -2.30. The summed E-state index contributed by atoms with van der Waals surface area (Å²) in [5, 5.41) is 3.29. The van der Waals surface area contributed by atoms with E-state index in [0.717, 1.165) is 5.56 Å². The summed E-state index contributed by atoms with van der Waals surface area (Å²) in [6.45, 7) is 4.04. The number of hydrogen-bond donors (Lipinski definition) is 1. The van der Waals surface area contributed by atoms with Crippen LogP contribution in [0.4, 0.5) is 8.78 Å². The van der Waals surface area contributed by atoms with Gasteiger partial charge in [-0.1, -0.05) is 32.0 Å². The summed E-state index contributed by atoms with van der Waals surface area (Å²) < 4.78 is 28.8. The molecule has 0 saturated carbocycles. The molecule has 0 radical (unpaired) electrons. The van der Waals surface area contributed by atoms with E-state index in [4.69, 9.17) is 0 Å². The first-order valence-corrected chi connectivity index (χ1v) is 5.76. The molecule has 0 aliphatic carbocycles. The second kappa shape index (κ2) is 6.55. The van der Waals surface area contributed by atoms with E-state index in [1.165, 1.54) is 0 Å². The van der Waals surface area contributed by atoms with Gasteiger partial charge < -0.3 is 10.1 Å². The first kappa shape index (κ1) is 13.9. The maximum absolute atomic E-state index is 12.2. The number of halogens is 2. The fraction of sp³-hybridized carbons (Fsp3) is 0.538. The summed E-state index contributed by atoms with van der Waals surface area (Å²) in [4.78, 5) is 0. The van der Waals surface area contributed by atoms with Crippen LogP contribution in [-0.4, -0.2) is 12.7 Å². The molecular formula is C13H19F2NO. The molecule has 0 spiro atoms. The third-order valence-corrected chi connectivity index (χ3v) is 2.80. The highest BCUT2D eigenvalue weighted by Crippen LogP contribution is 2.20. The molecule has 1 aromatic carbocycles. The zero-order valence-electron chi connectivity index (χ0n) is 10.4. The van der Waals surface area contributed by atoms with Crippen LogP contribution in [0.3, 0.4) is 0 Å². The fourth-order valence-corrected chi connectivity index (χ4v) is 1.37. The van der Waals surface area contributed by atoms with Gasteiger partial charge in [0.15, 0.2) is 0 Å². The van der Waals surface area contributed by atoms with E-state index in [1.54, 1.807) is 18.2 Å². The summed E-state index contributed by atoms with van der Waals surface area (Å²) >= 11 is 0. The van der Waals surface area contributed by atoms with Crippen molar-refractivity contribution in [2.75, 3.05) is 0 Å². The second-order valence-corrected chi connectivity index (χ2v) is 4.40. The van der Waals surface area contributed by atoms with Crippen molar-refractivity contribution in [2.24, 2.45) is 5.92 Å². The summed E-state index contributed by atoms with van der Waals surface area (Å²) in [5.41, 5.74) is 0.750. The molecule has 0 heterocycles. The molecule has 0 bridgehead atoms. The van der Waals surface area contributed by atoms with Crippen LogP contribution in [0.25, 0.3) is 0 Å². The molecule has 0 aromatic heterocycles. The Morgan fingerprint density at radius 1 is 1.18 bits per heavy atom. The van der Waals surface area contributed by atoms with Crippen LogP contribution in [0.5, 0.6) is 5.75 Å². The minimum Gasteiger partial charge on any atom is -0.434 e. The zero-order chi connectivity index (χ0) is 12.8. The number of benzene rings is 1. The van der Waals surface area contributed by atoms with Gasteiger partial charge in [-0.2, -0.15) is 8.78 Å². The quantitative estimate of drug-likeness (QED) is 0.826. The Hall–Kier alpha value is -1.16. The predicted octanol–water partition coefficient (Wildman–Crippen LogP) is 3.42. The van der Waals surface area contributed by atoms with Crippen molar-refractivity contribution in [1.82, 2.24) is 5.32 Å². The van der Waals surface area contributed by atoms with E-state index in [1.807, 2.05) is 6.07 Å². The Balaban J connectivity index is 2.63. The molecule has 2 nitrogen and oxygen atoms in total. The summed E-state index contributed by atoms with van der Waals surface area (Å²) in [5.74, 6) is 0.740. The highest BCUT2D eigenvalue weighted by Gasteiger charge is 2.11. The SMILES string of the molecule is CC(C)C(C)NCc1ccccc1OC(F)F. The maximum atomic E-state index is 12.2. The van der Waals surface area contributed by atoms with Crippen molar-refractivity contribution < 1.29 is 13.5 Å². The number of rotatable bonds is 6. The van der Waals surface area contributed by atoms with Gasteiger partial charge in [0, 0.05) is 18.2 Å². The van der Waals surface area contributed by atoms with Crippen molar-refractivity contribution in [3.8, 4) is 5.75 Å². The molecule has 0 amide bonds. The maximum Gasteiger partial charge on any atom is 0.387 e. The van der Waals surface area contributed by atoms with Gasteiger partial charge >= 0.3 is 6.61 Å². The lowest BCUT2D eigenvalue weighted by atomic mass is 10.1. The number of hydrogen-bond acceptors (Lipinski definition) is 2. The molecule has 0 fully saturated rings. The van der Waals surface area contributed by atoms with Gasteiger partial charge in [-0.3, -0.25) is 0 Å². The highest BCUT2D eigenvalue weighted by molar-refractivity contribution is 5.33. The van der Waals surface area contributed by atoms with Crippen LogP contribution in [-0.2, 0) is 6.54 Å². The monoisotopic (exact) mass is 243 g/mol. The third kappa shape index (κ3) is 4.69. The molecule has 1 aromatic rings. The number of nitrogens with one attached hydrogen (secondary N) is 1. The van der Waals surface area contributed by atoms with E-state index >= 15 is 0 Å². The number of alkyl halides is 2. The molecule has 17 heavy (non-hydrogen) atoms. The van der Waals surface area contributed by atoms with Crippen LogP contribution in [0.15, 0.2) is 24.3 Å². The van der Waals surface area contributed by atoms with Crippen LogP contribution >= 0.6 is 0 Å². The van der Waals surface area contributed by atoms with E-state index in [9.17, 15) is 8.78 Å². The normalized spacial score (nSPS) is 13.1. The average Bonchev–Trinajstić information content (AvgIpc) is 2.26. The first-order valence-electron chi connectivity index (χ1n) is 5.76. The molecule has 4 heteroatoms. The second-order valence-electron chi connectivity index (χ2n) is 4.40. The van der Waals surface area contributed by atoms with Gasteiger partial charge in [0.1, 0.15) is 5.75 Å². The van der Waals surface area contributed by atoms with Gasteiger partial charge in [0.25, 0.3) is 0 Å². The highest BCUT2D eigenvalue weighted by atomic mass is 19.3. The molecule has 1 N–H and O–H groups in total. The minimum absolute atomic E-state index is 0.242. The van der Waals surface area contributed by atoms with E-state index in [-0.39, 0.29) is 5.75 Å². The third-order valence-electron chi connectivity index (χ3n) is 2.80. The van der Waals surface area contributed by atoms with Crippen molar-refractivity contribution >= 4 is 0 Å². The molecule has 1 rings (SSSR count). The summed E-state index contributed by atoms with van der Waals surface area (Å²) in [7, 11) is 0. The van der Waals surface area contributed by atoms with Gasteiger partial charge in [-0.05, 0) is 18.9 Å². The zero-order valence-corrected chi connectivity index (χ0v) is 10.4. The van der Waals surface area contributed by atoms with Gasteiger partial charge in [-0.15, -0.1) is 0 Å². The molecule has 96 valence electrons. The average molecular weight is 243 g/mol. The smallest absolute Gasteiger partial charge is 0.387 e. The van der Waals surface area contributed by atoms with Crippen molar-refractivity contribution in [3.63, 3.8) is 0 Å². The standard InChI is InChI=1S/C13H19F2NO/c1-9(2)10(3)16-8-11-6-4-5-7-12(11)17-13(14)15/h4-7,9-10,13,16H,8H2,1-3H3. The molecule has 0 aliphatic heterocycles. The van der Waals surface area contributed by atoms with Gasteiger partial charge in [0.05, 0.1) is 0 Å². The largest absolute Gasteiger partial charge is 0.434 e. The predicted molar refractivity (Wildman–Crippen MR) is 64.2 cm³/mol. The lowest BCUT2D eigenvalue weighted by molar-refractivity contribution is -0.0505. The Bertz CT molecular complexity index is 342. The van der Waals surface area contributed by atoms with Crippen molar-refractivity contribution in [3.05, 3.63) is 29.8 Å². The summed E-state index contributed by atoms with van der Waals surface area (Å²) in [6.07, 6.45) is 0. The fourth-order valence-electron chi connectivity index (χ4n) is 1.37. The van der Waals surface area contributed by atoms with Gasteiger partial charge in [0.2, 0.25) is 0 Å². The molecular weight excluding hydrogens is 224 g/mol. The van der Waals surface area contributed by atoms with Crippen molar-refractivity contribution in [2.45, 2.75) is 40.0 Å². The van der Waals surface area contributed by atoms with Crippen LogP contribution in [0, 0.1) is 5.92 Å². The number of ether oxygens (including phenoxy) is 1. The summed E-state index contributed by atoms with van der Waals surface area (Å²) in [6, 6.07) is 7.18. The van der Waals surface area contributed by atoms with E-state index < -0.39 is 6.61 Å². The molecule has 0 aliphatic rings. The van der Waals surface area contributed by atoms with Crippen molar-refractivity contribution in [1.29, 1.82) is 0 Å². The van der Waals surface area contributed by atoms with Crippen LogP contribution < -0.4 is 10.1 Å². The number of para-hydroxylation sites is 1. The van der Waals surface area contributed by atoms with Crippen LogP contribution in [0.2, 0.25) is 0 Å². The van der Waals surface area contributed by atoms with Crippen LogP contribution in [0.1, 0.15) is 26.3 Å². The minimum atomic E-state index is -2.78. The Labute approximate surface area is 101 Å². The Morgan fingerprint density at radius 3 is 2.41 bits per heavy atom. The molecule has 0 saturated heterocycles.